The van der Waals surface area contributed by atoms with Gasteiger partial charge in [-0.25, -0.2) is 0 Å². The number of nitrogens with zero attached hydrogens (tertiary/aromatic N) is 2. The molecule has 0 spiro atoms. The highest BCUT2D eigenvalue weighted by Gasteiger charge is 2.31. The third-order valence-electron chi connectivity index (χ3n) is 5.68. The summed E-state index contributed by atoms with van der Waals surface area (Å²) < 4.78 is 0. The van der Waals surface area contributed by atoms with E-state index in [9.17, 15) is 0 Å². The number of hydrogen-bond acceptors (Lipinski definition) is 3. The van der Waals surface area contributed by atoms with Crippen LogP contribution in [-0.4, -0.2) is 61.7 Å². The molecule has 0 aromatic heterocycles. The molecule has 0 aromatic rings. The van der Waals surface area contributed by atoms with Crippen molar-refractivity contribution in [2.24, 2.45) is 5.92 Å². The highest BCUT2D eigenvalue weighted by molar-refractivity contribution is 4.88. The first kappa shape index (κ1) is 13.8. The largest absolute Gasteiger partial charge is 0.315 e. The molecule has 3 rings (SSSR count). The van der Waals surface area contributed by atoms with Gasteiger partial charge in [0.2, 0.25) is 0 Å². The molecule has 0 bridgehead atoms. The van der Waals surface area contributed by atoms with Crippen molar-refractivity contribution >= 4 is 0 Å². The lowest BCUT2D eigenvalue weighted by atomic mass is 9.97. The van der Waals surface area contributed by atoms with E-state index in [1.165, 1.54) is 77.7 Å². The molecule has 2 unspecified atom stereocenters. The summed E-state index contributed by atoms with van der Waals surface area (Å²) in [5.74, 6) is 0.938. The van der Waals surface area contributed by atoms with Crippen LogP contribution in [0.25, 0.3) is 0 Å². The lowest BCUT2D eigenvalue weighted by molar-refractivity contribution is 0.189. The van der Waals surface area contributed by atoms with Gasteiger partial charge in [-0.3, -0.25) is 4.90 Å². The second-order valence-electron chi connectivity index (χ2n) is 6.88. The summed E-state index contributed by atoms with van der Waals surface area (Å²) in [6.07, 6.45) is 10.1. The number of likely N-dealkylation sites (N-methyl/N-ethyl adjacent to an activating group) is 1. The smallest absolute Gasteiger partial charge is 0.0223 e. The van der Waals surface area contributed by atoms with E-state index in [0.717, 1.165) is 18.0 Å². The minimum absolute atomic E-state index is 0.732. The second-order valence-corrected chi connectivity index (χ2v) is 6.88. The van der Waals surface area contributed by atoms with Crippen molar-refractivity contribution in [1.29, 1.82) is 0 Å². The zero-order chi connectivity index (χ0) is 13.1. The molecule has 0 radical (unpaired) electrons. The molecule has 1 saturated carbocycles. The van der Waals surface area contributed by atoms with E-state index in [2.05, 4.69) is 22.2 Å². The minimum Gasteiger partial charge on any atom is -0.315 e. The molecule has 2 aliphatic heterocycles. The van der Waals surface area contributed by atoms with E-state index in [1.54, 1.807) is 0 Å². The summed E-state index contributed by atoms with van der Waals surface area (Å²) in [6, 6.07) is 1.60. The summed E-state index contributed by atoms with van der Waals surface area (Å²) in [5.41, 5.74) is 0. The fraction of sp³-hybridized carbons (Fsp3) is 1.00. The molecule has 2 atom stereocenters. The maximum absolute atomic E-state index is 3.62. The van der Waals surface area contributed by atoms with Crippen LogP contribution in [0.1, 0.15) is 44.9 Å². The highest BCUT2D eigenvalue weighted by atomic mass is 15.3. The molecule has 3 fully saturated rings. The number of nitrogens with one attached hydrogen (secondary N) is 1. The zero-order valence-corrected chi connectivity index (χ0v) is 12.6. The molecule has 2 saturated heterocycles. The van der Waals surface area contributed by atoms with Crippen molar-refractivity contribution < 1.29 is 0 Å². The molecule has 3 aliphatic rings. The average molecular weight is 265 g/mol. The van der Waals surface area contributed by atoms with Crippen LogP contribution in [0, 0.1) is 5.92 Å². The minimum atomic E-state index is 0.732. The van der Waals surface area contributed by atoms with Gasteiger partial charge in [0.05, 0.1) is 0 Å². The number of fused-ring (bicyclic) bond motifs is 1. The molecule has 3 nitrogen and oxygen atoms in total. The van der Waals surface area contributed by atoms with Gasteiger partial charge in [-0.15, -0.1) is 0 Å². The van der Waals surface area contributed by atoms with Crippen molar-refractivity contribution in [3.05, 3.63) is 0 Å². The summed E-state index contributed by atoms with van der Waals surface area (Å²) in [4.78, 5) is 5.50. The Hall–Kier alpha value is -0.120. The van der Waals surface area contributed by atoms with Crippen LogP contribution in [0.4, 0.5) is 0 Å². The Morgan fingerprint density at radius 1 is 1.00 bits per heavy atom. The van der Waals surface area contributed by atoms with E-state index >= 15 is 0 Å². The van der Waals surface area contributed by atoms with Gasteiger partial charge in [0.1, 0.15) is 0 Å². The van der Waals surface area contributed by atoms with Crippen molar-refractivity contribution in [3.8, 4) is 0 Å². The fourth-order valence-corrected chi connectivity index (χ4v) is 4.56. The fourth-order valence-electron chi connectivity index (χ4n) is 4.56. The van der Waals surface area contributed by atoms with E-state index in [4.69, 9.17) is 0 Å². The molecule has 19 heavy (non-hydrogen) atoms. The third kappa shape index (κ3) is 3.32. The van der Waals surface area contributed by atoms with Gasteiger partial charge in [-0.1, -0.05) is 12.8 Å². The van der Waals surface area contributed by atoms with Gasteiger partial charge in [0, 0.05) is 25.2 Å². The molecule has 0 amide bonds. The van der Waals surface area contributed by atoms with Crippen molar-refractivity contribution in [1.82, 2.24) is 15.1 Å². The number of rotatable bonds is 4. The predicted molar refractivity (Wildman–Crippen MR) is 80.5 cm³/mol. The van der Waals surface area contributed by atoms with Crippen LogP contribution in [0.2, 0.25) is 0 Å². The molecule has 0 aromatic carbocycles. The summed E-state index contributed by atoms with van der Waals surface area (Å²) >= 11 is 0. The Morgan fingerprint density at radius 3 is 2.58 bits per heavy atom. The average Bonchev–Trinajstić information content (AvgIpc) is 3.05. The first-order valence-electron chi connectivity index (χ1n) is 8.50. The topological polar surface area (TPSA) is 18.5 Å². The van der Waals surface area contributed by atoms with Gasteiger partial charge >= 0.3 is 0 Å². The Balaban J connectivity index is 1.55. The van der Waals surface area contributed by atoms with E-state index in [1.807, 2.05) is 0 Å². The predicted octanol–water partition coefficient (Wildman–Crippen LogP) is 1.93. The maximum Gasteiger partial charge on any atom is 0.0223 e. The Labute approximate surface area is 118 Å². The second kappa shape index (κ2) is 6.55. The van der Waals surface area contributed by atoms with Crippen LogP contribution in [-0.2, 0) is 0 Å². The Bertz CT molecular complexity index is 275. The van der Waals surface area contributed by atoms with Gasteiger partial charge in [0.15, 0.2) is 0 Å². The van der Waals surface area contributed by atoms with E-state index in [0.29, 0.717) is 0 Å². The standard InChI is InChI=1S/C16H31N3/c1-17-16(14-6-2-3-7-14)13-18-9-5-11-19-10-4-8-15(19)12-18/h14-17H,2-13H2,1H3. The van der Waals surface area contributed by atoms with Gasteiger partial charge in [-0.2, -0.15) is 0 Å². The van der Waals surface area contributed by atoms with E-state index in [-0.39, 0.29) is 0 Å². The van der Waals surface area contributed by atoms with Crippen molar-refractivity contribution in [2.45, 2.75) is 57.0 Å². The summed E-state index contributed by atoms with van der Waals surface area (Å²) in [7, 11) is 2.17. The van der Waals surface area contributed by atoms with Gasteiger partial charge in [-0.05, 0) is 64.7 Å². The Kier molecular flexibility index (Phi) is 4.78. The van der Waals surface area contributed by atoms with E-state index < -0.39 is 0 Å². The van der Waals surface area contributed by atoms with Crippen LogP contribution >= 0.6 is 0 Å². The number of hydrogen-bond donors (Lipinski definition) is 1. The van der Waals surface area contributed by atoms with Gasteiger partial charge < -0.3 is 10.2 Å². The normalized spacial score (nSPS) is 32.4. The summed E-state index contributed by atoms with van der Waals surface area (Å²) in [5, 5.41) is 3.62. The zero-order valence-electron chi connectivity index (χ0n) is 12.6. The molecule has 110 valence electrons. The Morgan fingerprint density at radius 2 is 1.79 bits per heavy atom. The molecule has 2 heterocycles. The molecule has 3 heteroatoms. The third-order valence-corrected chi connectivity index (χ3v) is 5.68. The molecular weight excluding hydrogens is 234 g/mol. The van der Waals surface area contributed by atoms with Crippen LogP contribution in [0.5, 0.6) is 0 Å². The quantitative estimate of drug-likeness (QED) is 0.838. The monoisotopic (exact) mass is 265 g/mol. The van der Waals surface area contributed by atoms with Crippen LogP contribution in [0.15, 0.2) is 0 Å². The maximum atomic E-state index is 3.62. The first-order valence-corrected chi connectivity index (χ1v) is 8.50. The highest BCUT2D eigenvalue weighted by Crippen LogP contribution is 2.29. The SMILES string of the molecule is CNC(CN1CCCN2CCCC2C1)C1CCCC1. The lowest BCUT2D eigenvalue weighted by Crippen LogP contribution is -2.46. The molecular formula is C16H31N3. The summed E-state index contributed by atoms with van der Waals surface area (Å²) in [6.45, 7) is 6.62. The van der Waals surface area contributed by atoms with Crippen molar-refractivity contribution in [2.75, 3.05) is 39.8 Å². The van der Waals surface area contributed by atoms with Crippen LogP contribution in [0.3, 0.4) is 0 Å². The van der Waals surface area contributed by atoms with Crippen LogP contribution < -0.4 is 5.32 Å². The van der Waals surface area contributed by atoms with Gasteiger partial charge in [0.25, 0.3) is 0 Å². The van der Waals surface area contributed by atoms with Crippen molar-refractivity contribution in [3.63, 3.8) is 0 Å². The lowest BCUT2D eigenvalue weighted by Gasteiger charge is -2.31. The first-order chi connectivity index (χ1) is 9.36. The molecule has 1 N–H and O–H groups in total. The molecule has 1 aliphatic carbocycles.